The Labute approximate surface area is 94.0 Å². The Hall–Kier alpha value is -1.62. The highest BCUT2D eigenvalue weighted by atomic mass is 19.1. The largest absolute Gasteiger partial charge is 0.352 e. The fourth-order valence-corrected chi connectivity index (χ4v) is 1.41. The molecule has 5 heteroatoms. The van der Waals surface area contributed by atoms with Gasteiger partial charge < -0.3 is 16.4 Å². The summed E-state index contributed by atoms with van der Waals surface area (Å²) in [5.74, 6) is -0.231. The van der Waals surface area contributed by atoms with Crippen molar-refractivity contribution >= 4 is 6.03 Å². The summed E-state index contributed by atoms with van der Waals surface area (Å²) in [6, 6.07) is 5.94. The molecule has 0 heterocycles. The number of nitrogens with two attached hydrogens (primary N) is 1. The molecule has 1 rings (SSSR count). The Morgan fingerprint density at radius 1 is 1.44 bits per heavy atom. The van der Waals surface area contributed by atoms with Crippen molar-refractivity contribution in [3.63, 3.8) is 0 Å². The third kappa shape index (κ3) is 3.86. The monoisotopic (exact) mass is 225 g/mol. The van der Waals surface area contributed by atoms with Crippen LogP contribution in [0, 0.1) is 5.82 Å². The van der Waals surface area contributed by atoms with Gasteiger partial charge in [0, 0.05) is 24.7 Å². The van der Waals surface area contributed by atoms with Crippen molar-refractivity contribution in [2.75, 3.05) is 13.1 Å². The molecule has 0 saturated heterocycles. The number of primary amides is 1. The van der Waals surface area contributed by atoms with Gasteiger partial charge in [-0.1, -0.05) is 18.2 Å². The zero-order valence-corrected chi connectivity index (χ0v) is 9.16. The molecule has 1 aromatic rings. The summed E-state index contributed by atoms with van der Waals surface area (Å²) in [5.41, 5.74) is 5.52. The summed E-state index contributed by atoms with van der Waals surface area (Å²) in [4.78, 5) is 10.4. The molecule has 0 aromatic heterocycles. The molecule has 0 radical (unpaired) electrons. The van der Waals surface area contributed by atoms with Crippen LogP contribution in [0.4, 0.5) is 9.18 Å². The maximum absolute atomic E-state index is 13.3. The van der Waals surface area contributed by atoms with Gasteiger partial charge in [0.2, 0.25) is 0 Å². The lowest BCUT2D eigenvalue weighted by molar-refractivity contribution is 0.249. The molecule has 1 unspecified atom stereocenters. The van der Waals surface area contributed by atoms with Crippen molar-refractivity contribution in [2.24, 2.45) is 5.73 Å². The molecule has 1 atom stereocenters. The van der Waals surface area contributed by atoms with Gasteiger partial charge in [-0.3, -0.25) is 0 Å². The van der Waals surface area contributed by atoms with Crippen molar-refractivity contribution in [1.82, 2.24) is 10.6 Å². The number of rotatable bonds is 5. The highest BCUT2D eigenvalue weighted by molar-refractivity contribution is 5.71. The Bertz CT molecular complexity index is 357. The lowest BCUT2D eigenvalue weighted by atomic mass is 10.1. The van der Waals surface area contributed by atoms with E-state index in [2.05, 4.69) is 10.6 Å². The quantitative estimate of drug-likeness (QED) is 0.658. The fourth-order valence-electron chi connectivity index (χ4n) is 1.41. The second kappa shape index (κ2) is 6.07. The van der Waals surface area contributed by atoms with Crippen LogP contribution in [0.15, 0.2) is 24.3 Å². The number of carbonyl (C=O) groups excluding carboxylic acids is 1. The second-order valence-electron chi connectivity index (χ2n) is 3.49. The van der Waals surface area contributed by atoms with Gasteiger partial charge in [-0.15, -0.1) is 0 Å². The third-order valence-electron chi connectivity index (χ3n) is 2.25. The number of nitrogens with one attached hydrogen (secondary N) is 2. The van der Waals surface area contributed by atoms with E-state index < -0.39 is 6.03 Å². The van der Waals surface area contributed by atoms with E-state index in [1.165, 1.54) is 6.07 Å². The Morgan fingerprint density at radius 3 is 2.75 bits per heavy atom. The molecular weight excluding hydrogens is 209 g/mol. The Kier molecular flexibility index (Phi) is 4.72. The van der Waals surface area contributed by atoms with Gasteiger partial charge in [0.05, 0.1) is 0 Å². The highest BCUT2D eigenvalue weighted by Crippen LogP contribution is 2.15. The summed E-state index contributed by atoms with van der Waals surface area (Å²) in [5, 5.41) is 5.53. The smallest absolute Gasteiger partial charge is 0.312 e. The number of amides is 2. The van der Waals surface area contributed by atoms with E-state index in [9.17, 15) is 9.18 Å². The van der Waals surface area contributed by atoms with E-state index in [4.69, 9.17) is 5.73 Å². The van der Waals surface area contributed by atoms with Crippen LogP contribution in [-0.2, 0) is 0 Å². The predicted octanol–water partition coefficient (Wildman–Crippen LogP) is 1.14. The van der Waals surface area contributed by atoms with Crippen LogP contribution >= 0.6 is 0 Å². The number of hydrogen-bond acceptors (Lipinski definition) is 2. The molecule has 0 bridgehead atoms. The maximum atomic E-state index is 13.3. The first kappa shape index (κ1) is 12.4. The van der Waals surface area contributed by atoms with Crippen LogP contribution in [0.2, 0.25) is 0 Å². The molecule has 0 aliphatic rings. The van der Waals surface area contributed by atoms with Crippen molar-refractivity contribution in [3.8, 4) is 0 Å². The van der Waals surface area contributed by atoms with Crippen LogP contribution in [0.1, 0.15) is 18.5 Å². The number of urea groups is 1. The van der Waals surface area contributed by atoms with Crippen LogP contribution in [0.3, 0.4) is 0 Å². The van der Waals surface area contributed by atoms with E-state index in [0.29, 0.717) is 18.7 Å². The molecule has 0 aliphatic carbocycles. The number of hydrogen-bond donors (Lipinski definition) is 3. The summed E-state index contributed by atoms with van der Waals surface area (Å²) in [7, 11) is 0. The van der Waals surface area contributed by atoms with E-state index >= 15 is 0 Å². The van der Waals surface area contributed by atoms with Crippen LogP contribution in [0.5, 0.6) is 0 Å². The van der Waals surface area contributed by atoms with Gasteiger partial charge >= 0.3 is 6.03 Å². The van der Waals surface area contributed by atoms with Gasteiger partial charge in [0.25, 0.3) is 0 Å². The second-order valence-corrected chi connectivity index (χ2v) is 3.49. The van der Waals surface area contributed by atoms with Crippen molar-refractivity contribution in [3.05, 3.63) is 35.6 Å². The first-order chi connectivity index (χ1) is 7.61. The highest BCUT2D eigenvalue weighted by Gasteiger charge is 2.08. The zero-order valence-electron chi connectivity index (χ0n) is 9.16. The summed E-state index contributed by atoms with van der Waals surface area (Å²) in [6.07, 6.45) is 0. The number of carbonyl (C=O) groups is 1. The minimum absolute atomic E-state index is 0.101. The minimum Gasteiger partial charge on any atom is -0.352 e. The van der Waals surface area contributed by atoms with E-state index in [1.54, 1.807) is 18.2 Å². The molecule has 0 aliphatic heterocycles. The van der Waals surface area contributed by atoms with Gasteiger partial charge in [-0.05, 0) is 13.0 Å². The molecule has 88 valence electrons. The molecule has 16 heavy (non-hydrogen) atoms. The first-order valence-electron chi connectivity index (χ1n) is 5.12. The topological polar surface area (TPSA) is 67.2 Å². The first-order valence-corrected chi connectivity index (χ1v) is 5.12. The van der Waals surface area contributed by atoms with Gasteiger partial charge in [0.15, 0.2) is 0 Å². The standard InChI is InChI=1S/C11H16FN3O/c1-8(14-6-7-15-11(13)16)9-4-2-3-5-10(9)12/h2-5,8,14H,6-7H2,1H3,(H3,13,15,16). The number of halogens is 1. The third-order valence-corrected chi connectivity index (χ3v) is 2.25. The van der Waals surface area contributed by atoms with E-state index in [1.807, 2.05) is 6.92 Å². The summed E-state index contributed by atoms with van der Waals surface area (Å²) < 4.78 is 13.3. The molecule has 0 spiro atoms. The maximum Gasteiger partial charge on any atom is 0.312 e. The van der Waals surface area contributed by atoms with Gasteiger partial charge in [-0.2, -0.15) is 0 Å². The van der Waals surface area contributed by atoms with Crippen molar-refractivity contribution in [2.45, 2.75) is 13.0 Å². The van der Waals surface area contributed by atoms with E-state index in [-0.39, 0.29) is 11.9 Å². The van der Waals surface area contributed by atoms with Gasteiger partial charge in [-0.25, -0.2) is 9.18 Å². The fraction of sp³-hybridized carbons (Fsp3) is 0.364. The number of benzene rings is 1. The van der Waals surface area contributed by atoms with E-state index in [0.717, 1.165) is 0 Å². The zero-order chi connectivity index (χ0) is 12.0. The lowest BCUT2D eigenvalue weighted by Crippen LogP contribution is -2.36. The Balaban J connectivity index is 2.38. The van der Waals surface area contributed by atoms with Crippen LogP contribution < -0.4 is 16.4 Å². The lowest BCUT2D eigenvalue weighted by Gasteiger charge is -2.14. The molecule has 0 saturated carbocycles. The van der Waals surface area contributed by atoms with Gasteiger partial charge in [0.1, 0.15) is 5.82 Å². The van der Waals surface area contributed by atoms with Crippen LogP contribution in [-0.4, -0.2) is 19.1 Å². The molecule has 2 amide bonds. The molecule has 4 N–H and O–H groups in total. The van der Waals surface area contributed by atoms with Crippen molar-refractivity contribution < 1.29 is 9.18 Å². The summed E-state index contributed by atoms with van der Waals surface area (Å²) >= 11 is 0. The SMILES string of the molecule is CC(NCCNC(N)=O)c1ccccc1F. The molecule has 0 fully saturated rings. The molecular formula is C11H16FN3O. The Morgan fingerprint density at radius 2 is 2.12 bits per heavy atom. The average molecular weight is 225 g/mol. The average Bonchev–Trinajstić information content (AvgIpc) is 2.24. The van der Waals surface area contributed by atoms with Crippen molar-refractivity contribution in [1.29, 1.82) is 0 Å². The molecule has 4 nitrogen and oxygen atoms in total. The summed E-state index contributed by atoms with van der Waals surface area (Å²) in [6.45, 7) is 2.83. The minimum atomic E-state index is -0.555. The molecule has 1 aromatic carbocycles. The normalized spacial score (nSPS) is 12.1. The van der Waals surface area contributed by atoms with Crippen LogP contribution in [0.25, 0.3) is 0 Å². The predicted molar refractivity (Wildman–Crippen MR) is 60.4 cm³/mol.